The van der Waals surface area contributed by atoms with E-state index in [2.05, 4.69) is 9.97 Å². The van der Waals surface area contributed by atoms with Crippen molar-refractivity contribution in [1.29, 1.82) is 0 Å². The molecule has 6 nitrogen and oxygen atoms in total. The van der Waals surface area contributed by atoms with Crippen LogP contribution in [0, 0.1) is 0 Å². The third-order valence-electron chi connectivity index (χ3n) is 4.10. The van der Waals surface area contributed by atoms with Crippen molar-refractivity contribution < 1.29 is 9.90 Å². The molecule has 1 N–H and O–H groups in total. The molecule has 0 aromatic carbocycles. The fourth-order valence-electron chi connectivity index (χ4n) is 2.87. The summed E-state index contributed by atoms with van der Waals surface area (Å²) < 4.78 is 0. The zero-order chi connectivity index (χ0) is 16.3. The number of likely N-dealkylation sites (N-methyl/N-ethyl adjacent to an activating group) is 1. The Hall–Kier alpha value is -1.99. The van der Waals surface area contributed by atoms with Gasteiger partial charge in [-0.05, 0) is 28.8 Å². The predicted molar refractivity (Wildman–Crippen MR) is 89.5 cm³/mol. The average molecular weight is 332 g/mol. The highest BCUT2D eigenvalue weighted by molar-refractivity contribution is 7.07. The Bertz CT molecular complexity index is 649. The summed E-state index contributed by atoms with van der Waals surface area (Å²) in [6.45, 7) is 1.50. The minimum absolute atomic E-state index is 0.0229. The third-order valence-corrected chi connectivity index (χ3v) is 4.83. The van der Waals surface area contributed by atoms with Crippen LogP contribution in [0.5, 0.6) is 0 Å². The van der Waals surface area contributed by atoms with E-state index in [0.29, 0.717) is 32.5 Å². The van der Waals surface area contributed by atoms with Crippen LogP contribution in [0.1, 0.15) is 12.0 Å². The lowest BCUT2D eigenvalue weighted by molar-refractivity contribution is -0.132. The minimum atomic E-state index is -0.906. The van der Waals surface area contributed by atoms with E-state index >= 15 is 0 Å². The molecule has 0 radical (unpaired) electrons. The molecular formula is C16H20N4O2S. The summed E-state index contributed by atoms with van der Waals surface area (Å²) in [7, 11) is 1.75. The van der Waals surface area contributed by atoms with Gasteiger partial charge in [0.15, 0.2) is 0 Å². The molecule has 2 aromatic heterocycles. The number of aromatic nitrogens is 2. The molecule has 0 spiro atoms. The summed E-state index contributed by atoms with van der Waals surface area (Å²) in [4.78, 5) is 24.2. The first kappa shape index (κ1) is 15.9. The number of nitrogens with zero attached hydrogens (tertiary/aromatic N) is 4. The molecule has 1 amide bonds. The van der Waals surface area contributed by atoms with Crippen molar-refractivity contribution in [2.75, 3.05) is 31.6 Å². The molecule has 7 heteroatoms. The Morgan fingerprint density at radius 2 is 2.39 bits per heavy atom. The number of anilines is 1. The molecule has 0 saturated carbocycles. The number of amides is 1. The van der Waals surface area contributed by atoms with Crippen LogP contribution < -0.4 is 4.90 Å². The first-order valence-electron chi connectivity index (χ1n) is 7.54. The molecule has 1 saturated heterocycles. The number of rotatable bonds is 5. The highest BCUT2D eigenvalue weighted by Crippen LogP contribution is 2.25. The Morgan fingerprint density at radius 3 is 3.09 bits per heavy atom. The second kappa shape index (κ2) is 6.64. The summed E-state index contributed by atoms with van der Waals surface area (Å²) in [5, 5.41) is 14.7. The molecule has 1 aliphatic rings. The van der Waals surface area contributed by atoms with Gasteiger partial charge in [0.2, 0.25) is 5.91 Å². The molecule has 1 atom stereocenters. The maximum Gasteiger partial charge on any atom is 0.226 e. The van der Waals surface area contributed by atoms with Crippen molar-refractivity contribution in [3.05, 3.63) is 41.0 Å². The molecule has 122 valence electrons. The van der Waals surface area contributed by atoms with E-state index in [1.54, 1.807) is 41.9 Å². The SMILES string of the molecule is CN(C[C@@]1(O)CCN(c2cnccn2)C1)C(=O)Cc1ccsc1. The number of aliphatic hydroxyl groups is 1. The second-order valence-corrected chi connectivity index (χ2v) is 6.80. The number of thiophene rings is 1. The molecule has 3 rings (SSSR count). The van der Waals surface area contributed by atoms with E-state index in [9.17, 15) is 9.90 Å². The van der Waals surface area contributed by atoms with Crippen LogP contribution in [0.3, 0.4) is 0 Å². The van der Waals surface area contributed by atoms with Crippen LogP contribution in [-0.4, -0.2) is 58.2 Å². The molecule has 2 aromatic rings. The highest BCUT2D eigenvalue weighted by Gasteiger charge is 2.38. The van der Waals surface area contributed by atoms with Gasteiger partial charge >= 0.3 is 0 Å². The fraction of sp³-hybridized carbons (Fsp3) is 0.438. The summed E-state index contributed by atoms with van der Waals surface area (Å²) >= 11 is 1.58. The normalized spacial score (nSPS) is 20.7. The quantitative estimate of drug-likeness (QED) is 0.890. The number of carbonyl (C=O) groups is 1. The first-order chi connectivity index (χ1) is 11.1. The van der Waals surface area contributed by atoms with Crippen LogP contribution in [0.2, 0.25) is 0 Å². The van der Waals surface area contributed by atoms with E-state index in [-0.39, 0.29) is 5.91 Å². The Labute approximate surface area is 139 Å². The molecular weight excluding hydrogens is 312 g/mol. The largest absolute Gasteiger partial charge is 0.386 e. The number of carbonyl (C=O) groups excluding carboxylic acids is 1. The number of hydrogen-bond donors (Lipinski definition) is 1. The lowest BCUT2D eigenvalue weighted by Gasteiger charge is -2.29. The zero-order valence-electron chi connectivity index (χ0n) is 13.1. The maximum atomic E-state index is 12.3. The van der Waals surface area contributed by atoms with E-state index in [1.165, 1.54) is 0 Å². The molecule has 0 aliphatic carbocycles. The van der Waals surface area contributed by atoms with Crippen LogP contribution in [0.25, 0.3) is 0 Å². The van der Waals surface area contributed by atoms with E-state index < -0.39 is 5.60 Å². The van der Waals surface area contributed by atoms with Gasteiger partial charge in [0.25, 0.3) is 0 Å². The van der Waals surface area contributed by atoms with Gasteiger partial charge in [0.1, 0.15) is 11.4 Å². The lowest BCUT2D eigenvalue weighted by atomic mass is 10.0. The first-order valence-corrected chi connectivity index (χ1v) is 8.48. The van der Waals surface area contributed by atoms with Crippen LogP contribution in [0.4, 0.5) is 5.82 Å². The number of β-amino-alcohol motifs (C(OH)–C–C–N with tert-alkyl or cyclic N) is 1. The van der Waals surface area contributed by atoms with Gasteiger partial charge in [0, 0.05) is 32.5 Å². The third kappa shape index (κ3) is 3.86. The minimum Gasteiger partial charge on any atom is -0.386 e. The van der Waals surface area contributed by atoms with Crippen LogP contribution in [0.15, 0.2) is 35.4 Å². The smallest absolute Gasteiger partial charge is 0.226 e. The second-order valence-electron chi connectivity index (χ2n) is 6.02. The van der Waals surface area contributed by atoms with E-state index in [0.717, 1.165) is 11.4 Å². The topological polar surface area (TPSA) is 69.6 Å². The van der Waals surface area contributed by atoms with Crippen molar-refractivity contribution >= 4 is 23.1 Å². The van der Waals surface area contributed by atoms with Gasteiger partial charge in [-0.1, -0.05) is 0 Å². The highest BCUT2D eigenvalue weighted by atomic mass is 32.1. The molecule has 3 heterocycles. The summed E-state index contributed by atoms with van der Waals surface area (Å²) in [5.41, 5.74) is 0.114. The number of hydrogen-bond acceptors (Lipinski definition) is 6. The predicted octanol–water partition coefficient (Wildman–Crippen LogP) is 1.18. The van der Waals surface area contributed by atoms with Gasteiger partial charge in [-0.3, -0.25) is 9.78 Å². The van der Waals surface area contributed by atoms with Gasteiger partial charge in [0.05, 0.1) is 19.2 Å². The van der Waals surface area contributed by atoms with Gasteiger partial charge in [-0.2, -0.15) is 11.3 Å². The van der Waals surface area contributed by atoms with Gasteiger partial charge in [-0.25, -0.2) is 4.98 Å². The molecule has 1 fully saturated rings. The Balaban J connectivity index is 1.58. The molecule has 1 aliphatic heterocycles. The lowest BCUT2D eigenvalue weighted by Crippen LogP contribution is -2.46. The van der Waals surface area contributed by atoms with E-state index in [1.807, 2.05) is 21.7 Å². The molecule has 23 heavy (non-hydrogen) atoms. The van der Waals surface area contributed by atoms with Crippen molar-refractivity contribution in [2.24, 2.45) is 0 Å². The van der Waals surface area contributed by atoms with Crippen molar-refractivity contribution in [3.63, 3.8) is 0 Å². The molecule has 0 unspecified atom stereocenters. The van der Waals surface area contributed by atoms with Crippen LogP contribution >= 0.6 is 11.3 Å². The summed E-state index contributed by atoms with van der Waals surface area (Å²) in [6, 6.07) is 1.95. The van der Waals surface area contributed by atoms with Crippen LogP contribution in [-0.2, 0) is 11.2 Å². The summed E-state index contributed by atoms with van der Waals surface area (Å²) in [5.74, 6) is 0.783. The van der Waals surface area contributed by atoms with Crippen molar-refractivity contribution in [1.82, 2.24) is 14.9 Å². The van der Waals surface area contributed by atoms with E-state index in [4.69, 9.17) is 0 Å². The fourth-order valence-corrected chi connectivity index (χ4v) is 3.54. The monoisotopic (exact) mass is 332 g/mol. The van der Waals surface area contributed by atoms with Crippen molar-refractivity contribution in [3.8, 4) is 0 Å². The Kier molecular flexibility index (Phi) is 4.58. The van der Waals surface area contributed by atoms with Gasteiger partial charge in [-0.15, -0.1) is 0 Å². The standard InChI is InChI=1S/C16H20N4O2S/c1-19(15(21)8-13-2-7-23-10-13)11-16(22)3-6-20(12-16)14-9-17-4-5-18-14/h2,4-5,7,9-10,22H,3,6,8,11-12H2,1H3/t16-/m0/s1. The maximum absolute atomic E-state index is 12.3. The average Bonchev–Trinajstić information content (AvgIpc) is 3.18. The van der Waals surface area contributed by atoms with Crippen molar-refractivity contribution in [2.45, 2.75) is 18.4 Å². The molecule has 0 bridgehead atoms. The zero-order valence-corrected chi connectivity index (χ0v) is 13.9. The Morgan fingerprint density at radius 1 is 1.52 bits per heavy atom. The van der Waals surface area contributed by atoms with Gasteiger partial charge < -0.3 is 14.9 Å². The summed E-state index contributed by atoms with van der Waals surface area (Å²) in [6.07, 6.45) is 5.95.